The molecule has 140 valence electrons. The molecule has 0 radical (unpaired) electrons. The monoisotopic (exact) mass is 373 g/mol. The largest absolute Gasteiger partial charge is 0.354 e. The summed E-state index contributed by atoms with van der Waals surface area (Å²) in [5.74, 6) is 0. The number of nitrogens with one attached hydrogen (secondary N) is 1. The van der Waals surface area contributed by atoms with Gasteiger partial charge in [0.1, 0.15) is 0 Å². The van der Waals surface area contributed by atoms with Crippen LogP contribution in [0.1, 0.15) is 30.5 Å². The van der Waals surface area contributed by atoms with Crippen molar-refractivity contribution in [2.24, 2.45) is 0 Å². The third-order valence-electron chi connectivity index (χ3n) is 6.67. The highest BCUT2D eigenvalue weighted by atomic mass is 14.8. The number of H-pyrrole nitrogens is 1. The zero-order chi connectivity index (χ0) is 19.8. The molecule has 0 unspecified atom stereocenters. The van der Waals surface area contributed by atoms with Crippen molar-refractivity contribution in [1.82, 2.24) is 4.98 Å². The molecule has 0 saturated heterocycles. The molecule has 1 nitrogen and oxygen atoms in total. The Morgan fingerprint density at radius 2 is 1.48 bits per heavy atom. The standard InChI is InChI=1S/C28H23N/c1-17-8-10-18(11-9-17)20-13-14-22-24(16-20)28(2,3)25-23-15-12-19-6-4-5-7-21(19)26(23)29-27(22)25/h4-16,29H,1-3H3. The zero-order valence-electron chi connectivity index (χ0n) is 17.0. The topological polar surface area (TPSA) is 15.8 Å². The maximum absolute atomic E-state index is 3.80. The van der Waals surface area contributed by atoms with Crippen LogP contribution in [0.25, 0.3) is 44.1 Å². The van der Waals surface area contributed by atoms with Gasteiger partial charge in [0.15, 0.2) is 0 Å². The number of hydrogen-bond acceptors (Lipinski definition) is 0. The Labute approximate surface area is 171 Å². The van der Waals surface area contributed by atoms with Crippen LogP contribution in [0.4, 0.5) is 0 Å². The third-order valence-corrected chi connectivity index (χ3v) is 6.67. The molecule has 1 heteroatoms. The van der Waals surface area contributed by atoms with Crippen molar-refractivity contribution >= 4 is 21.7 Å². The number of benzene rings is 4. The van der Waals surface area contributed by atoms with Crippen molar-refractivity contribution in [2.45, 2.75) is 26.2 Å². The molecule has 1 aliphatic carbocycles. The van der Waals surface area contributed by atoms with Gasteiger partial charge in [-0.15, -0.1) is 0 Å². The smallest absolute Gasteiger partial charge is 0.0541 e. The van der Waals surface area contributed by atoms with E-state index in [0.29, 0.717) is 0 Å². The van der Waals surface area contributed by atoms with E-state index in [9.17, 15) is 0 Å². The van der Waals surface area contributed by atoms with Gasteiger partial charge >= 0.3 is 0 Å². The van der Waals surface area contributed by atoms with Crippen molar-refractivity contribution in [3.63, 3.8) is 0 Å². The molecule has 0 atom stereocenters. The first-order valence-corrected chi connectivity index (χ1v) is 10.3. The van der Waals surface area contributed by atoms with E-state index in [2.05, 4.69) is 105 Å². The van der Waals surface area contributed by atoms with Crippen LogP contribution in [0, 0.1) is 6.92 Å². The summed E-state index contributed by atoms with van der Waals surface area (Å²) in [4.78, 5) is 3.80. The Hall–Kier alpha value is -3.32. The number of fused-ring (bicyclic) bond motifs is 7. The molecule has 0 saturated carbocycles. The van der Waals surface area contributed by atoms with E-state index in [0.717, 1.165) is 0 Å². The SMILES string of the molecule is Cc1ccc(-c2ccc3c(c2)C(C)(C)c2c-3[nH]c3c2ccc2ccccc23)cc1. The average Bonchev–Trinajstić information content (AvgIpc) is 3.23. The fourth-order valence-corrected chi connectivity index (χ4v) is 5.13. The van der Waals surface area contributed by atoms with Gasteiger partial charge in [0.2, 0.25) is 0 Å². The van der Waals surface area contributed by atoms with Gasteiger partial charge < -0.3 is 4.98 Å². The lowest BCUT2D eigenvalue weighted by atomic mass is 9.80. The Kier molecular flexibility index (Phi) is 3.21. The van der Waals surface area contributed by atoms with Gasteiger partial charge in [-0.05, 0) is 40.6 Å². The van der Waals surface area contributed by atoms with Crippen LogP contribution >= 0.6 is 0 Å². The number of hydrogen-bond donors (Lipinski definition) is 1. The molecule has 6 rings (SSSR count). The quantitative estimate of drug-likeness (QED) is 0.311. The summed E-state index contributed by atoms with van der Waals surface area (Å²) >= 11 is 0. The van der Waals surface area contributed by atoms with E-state index in [4.69, 9.17) is 0 Å². The van der Waals surface area contributed by atoms with Gasteiger partial charge in [-0.3, -0.25) is 0 Å². The summed E-state index contributed by atoms with van der Waals surface area (Å²) < 4.78 is 0. The number of aryl methyl sites for hydroxylation is 1. The van der Waals surface area contributed by atoms with Crippen molar-refractivity contribution in [2.75, 3.05) is 0 Å². The van der Waals surface area contributed by atoms with Gasteiger partial charge in [-0.2, -0.15) is 0 Å². The first-order valence-electron chi connectivity index (χ1n) is 10.3. The molecular formula is C28H23N. The van der Waals surface area contributed by atoms with Crippen LogP contribution in [0.2, 0.25) is 0 Å². The molecule has 4 aromatic carbocycles. The zero-order valence-corrected chi connectivity index (χ0v) is 17.0. The predicted octanol–water partition coefficient (Wildman–Crippen LogP) is 7.60. The fraction of sp³-hybridized carbons (Fsp3) is 0.143. The van der Waals surface area contributed by atoms with E-state index in [1.165, 1.54) is 60.8 Å². The minimum atomic E-state index is -0.0356. The molecule has 0 bridgehead atoms. The van der Waals surface area contributed by atoms with E-state index < -0.39 is 0 Å². The van der Waals surface area contributed by atoms with Gasteiger partial charge in [-0.1, -0.05) is 92.2 Å². The van der Waals surface area contributed by atoms with Gasteiger partial charge in [0.25, 0.3) is 0 Å². The Bertz CT molecular complexity index is 1410. The first kappa shape index (κ1) is 16.6. The second-order valence-electron chi connectivity index (χ2n) is 8.84. The second kappa shape index (κ2) is 5.61. The minimum Gasteiger partial charge on any atom is -0.354 e. The number of rotatable bonds is 1. The molecule has 29 heavy (non-hydrogen) atoms. The highest BCUT2D eigenvalue weighted by molar-refractivity contribution is 6.10. The Balaban J connectivity index is 1.60. The molecular weight excluding hydrogens is 350 g/mol. The summed E-state index contributed by atoms with van der Waals surface area (Å²) in [5.41, 5.74) is 10.5. The van der Waals surface area contributed by atoms with Crippen LogP contribution in [0.15, 0.2) is 78.9 Å². The lowest BCUT2D eigenvalue weighted by Gasteiger charge is -2.22. The number of aromatic amines is 1. The molecule has 5 aromatic rings. The molecule has 1 aliphatic rings. The summed E-state index contributed by atoms with van der Waals surface area (Å²) in [6, 6.07) is 29.0. The van der Waals surface area contributed by atoms with Crippen LogP contribution in [-0.2, 0) is 5.41 Å². The molecule has 1 heterocycles. The summed E-state index contributed by atoms with van der Waals surface area (Å²) in [6.45, 7) is 6.86. The minimum absolute atomic E-state index is 0.0356. The van der Waals surface area contributed by atoms with Gasteiger partial charge in [0, 0.05) is 21.8 Å². The predicted molar refractivity (Wildman–Crippen MR) is 124 cm³/mol. The maximum Gasteiger partial charge on any atom is 0.0541 e. The van der Waals surface area contributed by atoms with Crippen LogP contribution in [0.5, 0.6) is 0 Å². The normalized spacial score (nSPS) is 14.3. The lowest BCUT2D eigenvalue weighted by Crippen LogP contribution is -2.15. The van der Waals surface area contributed by atoms with Gasteiger partial charge in [-0.25, -0.2) is 0 Å². The number of aromatic nitrogens is 1. The third kappa shape index (κ3) is 2.22. The van der Waals surface area contributed by atoms with E-state index in [1.54, 1.807) is 0 Å². The van der Waals surface area contributed by atoms with Crippen molar-refractivity contribution in [3.8, 4) is 22.4 Å². The van der Waals surface area contributed by atoms with Gasteiger partial charge in [0.05, 0.1) is 11.2 Å². The molecule has 0 fully saturated rings. The Morgan fingerprint density at radius 1 is 0.724 bits per heavy atom. The van der Waals surface area contributed by atoms with Crippen molar-refractivity contribution in [1.29, 1.82) is 0 Å². The second-order valence-corrected chi connectivity index (χ2v) is 8.84. The van der Waals surface area contributed by atoms with E-state index >= 15 is 0 Å². The highest BCUT2D eigenvalue weighted by Gasteiger charge is 2.38. The summed E-state index contributed by atoms with van der Waals surface area (Å²) in [7, 11) is 0. The van der Waals surface area contributed by atoms with E-state index in [-0.39, 0.29) is 5.41 Å². The molecule has 1 aromatic heterocycles. The van der Waals surface area contributed by atoms with Crippen LogP contribution < -0.4 is 0 Å². The summed E-state index contributed by atoms with van der Waals surface area (Å²) in [5, 5.41) is 3.93. The molecule has 0 spiro atoms. The average molecular weight is 373 g/mol. The summed E-state index contributed by atoms with van der Waals surface area (Å²) in [6.07, 6.45) is 0. The van der Waals surface area contributed by atoms with Crippen molar-refractivity contribution in [3.05, 3.63) is 95.6 Å². The fourth-order valence-electron chi connectivity index (χ4n) is 5.13. The molecule has 0 aliphatic heterocycles. The Morgan fingerprint density at radius 3 is 2.31 bits per heavy atom. The highest BCUT2D eigenvalue weighted by Crippen LogP contribution is 2.52. The lowest BCUT2D eigenvalue weighted by molar-refractivity contribution is 0.667. The first-order chi connectivity index (χ1) is 14.0. The molecule has 1 N–H and O–H groups in total. The van der Waals surface area contributed by atoms with Crippen molar-refractivity contribution < 1.29 is 0 Å². The van der Waals surface area contributed by atoms with Crippen LogP contribution in [-0.4, -0.2) is 4.98 Å². The van der Waals surface area contributed by atoms with E-state index in [1.807, 2.05) is 0 Å². The molecule has 0 amide bonds. The van der Waals surface area contributed by atoms with Crippen LogP contribution in [0.3, 0.4) is 0 Å². The maximum atomic E-state index is 3.80.